The molecule has 162 valence electrons. The third-order valence-corrected chi connectivity index (χ3v) is 7.21. The van der Waals surface area contributed by atoms with Crippen LogP contribution in [0, 0.1) is 10.1 Å². The molecule has 11 heteroatoms. The molecule has 1 fully saturated rings. The van der Waals surface area contributed by atoms with Crippen molar-refractivity contribution in [2.45, 2.75) is 18.7 Å². The summed E-state index contributed by atoms with van der Waals surface area (Å²) in [5, 5.41) is 11.7. The lowest BCUT2D eigenvalue weighted by Crippen LogP contribution is -2.48. The minimum Gasteiger partial charge on any atom is -0.472 e. The lowest BCUT2D eigenvalue weighted by Gasteiger charge is -2.35. The molecule has 1 aromatic carbocycles. The van der Waals surface area contributed by atoms with Crippen molar-refractivity contribution in [1.29, 1.82) is 0 Å². The maximum Gasteiger partial charge on any atom is 0.293 e. The van der Waals surface area contributed by atoms with E-state index in [4.69, 9.17) is 4.42 Å². The number of nitrogens with zero attached hydrogens (tertiary/aromatic N) is 4. The fourth-order valence-corrected chi connectivity index (χ4v) is 4.99. The molecule has 10 nitrogen and oxygen atoms in total. The molecule has 1 aromatic heterocycles. The first-order valence-corrected chi connectivity index (χ1v) is 11.1. The van der Waals surface area contributed by atoms with Gasteiger partial charge in [0, 0.05) is 45.3 Å². The van der Waals surface area contributed by atoms with Crippen LogP contribution in [0.4, 0.5) is 11.4 Å². The molecule has 1 amide bonds. The highest BCUT2D eigenvalue weighted by Gasteiger charge is 2.30. The molecule has 0 bridgehead atoms. The number of sulfonamides is 1. The molecule has 30 heavy (non-hydrogen) atoms. The van der Waals surface area contributed by atoms with Gasteiger partial charge in [0.1, 0.15) is 12.0 Å². The summed E-state index contributed by atoms with van der Waals surface area (Å²) in [7, 11) is -3.80. The monoisotopic (exact) mass is 436 g/mol. The van der Waals surface area contributed by atoms with Gasteiger partial charge < -0.3 is 14.2 Å². The normalized spacial score (nSPS) is 14.9. The quantitative estimate of drug-likeness (QED) is 0.482. The van der Waals surface area contributed by atoms with E-state index in [1.165, 1.54) is 29.0 Å². The van der Waals surface area contributed by atoms with Crippen molar-refractivity contribution in [3.63, 3.8) is 0 Å². The SMILES string of the molecule is CCN(CC)S(=O)(=O)c1ccc(N2CCN(C(=O)c3ccoc3)CC2)c([N+](=O)[O-])c1. The highest BCUT2D eigenvalue weighted by Crippen LogP contribution is 2.32. The van der Waals surface area contributed by atoms with Crippen LogP contribution in [0.2, 0.25) is 0 Å². The second kappa shape index (κ2) is 8.84. The second-order valence-electron chi connectivity index (χ2n) is 6.79. The van der Waals surface area contributed by atoms with Crippen LogP contribution in [-0.4, -0.2) is 67.7 Å². The molecular formula is C19H24N4O6S. The van der Waals surface area contributed by atoms with Gasteiger partial charge >= 0.3 is 0 Å². The number of nitro benzene ring substituents is 1. The molecule has 0 atom stereocenters. The number of hydrogen-bond donors (Lipinski definition) is 0. The summed E-state index contributed by atoms with van der Waals surface area (Å²) >= 11 is 0. The van der Waals surface area contributed by atoms with E-state index in [1.54, 1.807) is 29.7 Å². The van der Waals surface area contributed by atoms with Gasteiger partial charge in [0.15, 0.2) is 0 Å². The zero-order chi connectivity index (χ0) is 21.9. The lowest BCUT2D eigenvalue weighted by molar-refractivity contribution is -0.384. The molecule has 1 aliphatic heterocycles. The number of carbonyl (C=O) groups excluding carboxylic acids is 1. The maximum absolute atomic E-state index is 12.7. The van der Waals surface area contributed by atoms with Gasteiger partial charge in [0.2, 0.25) is 10.0 Å². The van der Waals surface area contributed by atoms with Crippen LogP contribution in [-0.2, 0) is 10.0 Å². The summed E-state index contributed by atoms with van der Waals surface area (Å²) in [4.78, 5) is 26.9. The summed E-state index contributed by atoms with van der Waals surface area (Å²) < 4.78 is 31.7. The number of piperazine rings is 1. The fraction of sp³-hybridized carbons (Fsp3) is 0.421. The predicted octanol–water partition coefficient (Wildman–Crippen LogP) is 2.18. The summed E-state index contributed by atoms with van der Waals surface area (Å²) in [6.07, 6.45) is 2.81. The minimum absolute atomic E-state index is 0.101. The number of benzene rings is 1. The average Bonchev–Trinajstić information content (AvgIpc) is 3.28. The first-order valence-electron chi connectivity index (χ1n) is 9.64. The Morgan fingerprint density at radius 2 is 1.83 bits per heavy atom. The lowest BCUT2D eigenvalue weighted by atomic mass is 10.2. The molecule has 3 rings (SSSR count). The smallest absolute Gasteiger partial charge is 0.293 e. The van der Waals surface area contributed by atoms with Gasteiger partial charge in [-0.2, -0.15) is 4.31 Å². The van der Waals surface area contributed by atoms with E-state index < -0.39 is 14.9 Å². The van der Waals surface area contributed by atoms with Gasteiger partial charge in [-0.15, -0.1) is 0 Å². The number of amides is 1. The fourth-order valence-electron chi connectivity index (χ4n) is 3.51. The number of rotatable bonds is 7. The van der Waals surface area contributed by atoms with Gasteiger partial charge in [0.25, 0.3) is 11.6 Å². The Morgan fingerprint density at radius 3 is 2.37 bits per heavy atom. The molecule has 2 aromatic rings. The third kappa shape index (κ3) is 4.17. The highest BCUT2D eigenvalue weighted by atomic mass is 32.2. The Bertz CT molecular complexity index is 1010. The largest absolute Gasteiger partial charge is 0.472 e. The Hall–Kier alpha value is -2.92. The Kier molecular flexibility index (Phi) is 6.42. The van der Waals surface area contributed by atoms with Crippen LogP contribution in [0.1, 0.15) is 24.2 Å². The number of nitro groups is 1. The Balaban J connectivity index is 1.82. The van der Waals surface area contributed by atoms with Crippen molar-refractivity contribution in [3.8, 4) is 0 Å². The molecule has 1 aliphatic rings. The zero-order valence-corrected chi connectivity index (χ0v) is 17.7. The van der Waals surface area contributed by atoms with Crippen LogP contribution in [0.25, 0.3) is 0 Å². The first kappa shape index (κ1) is 21.8. The van der Waals surface area contributed by atoms with Crippen LogP contribution < -0.4 is 4.90 Å². The molecule has 2 heterocycles. The van der Waals surface area contributed by atoms with E-state index in [1.807, 2.05) is 0 Å². The standard InChI is InChI=1S/C19H24N4O6S/c1-3-22(4-2)30(27,28)16-5-6-17(18(13-16)23(25)26)20-8-10-21(11-9-20)19(24)15-7-12-29-14-15/h5-7,12-14H,3-4,8-11H2,1-2H3. The zero-order valence-electron chi connectivity index (χ0n) is 16.9. The Morgan fingerprint density at radius 1 is 1.17 bits per heavy atom. The summed E-state index contributed by atoms with van der Waals surface area (Å²) in [6.45, 7) is 5.56. The van der Waals surface area contributed by atoms with Crippen LogP contribution >= 0.6 is 0 Å². The molecule has 0 unspecified atom stereocenters. The van der Waals surface area contributed by atoms with Crippen molar-refractivity contribution < 1.29 is 22.6 Å². The van der Waals surface area contributed by atoms with Crippen LogP contribution in [0.15, 0.2) is 46.1 Å². The Labute approximate surface area is 174 Å². The van der Waals surface area contributed by atoms with Gasteiger partial charge in [-0.25, -0.2) is 8.42 Å². The van der Waals surface area contributed by atoms with Crippen LogP contribution in [0.3, 0.4) is 0 Å². The summed E-state index contributed by atoms with van der Waals surface area (Å²) in [6, 6.07) is 5.58. The van der Waals surface area contributed by atoms with Gasteiger partial charge in [-0.3, -0.25) is 14.9 Å². The molecule has 1 saturated heterocycles. The predicted molar refractivity (Wildman–Crippen MR) is 110 cm³/mol. The molecule has 0 spiro atoms. The number of hydrogen-bond acceptors (Lipinski definition) is 7. The van der Waals surface area contributed by atoms with E-state index in [2.05, 4.69) is 0 Å². The van der Waals surface area contributed by atoms with Crippen molar-refractivity contribution in [1.82, 2.24) is 9.21 Å². The van der Waals surface area contributed by atoms with Crippen molar-refractivity contribution >= 4 is 27.3 Å². The van der Waals surface area contributed by atoms with E-state index in [9.17, 15) is 23.3 Å². The summed E-state index contributed by atoms with van der Waals surface area (Å²) in [5.74, 6) is -0.154. The van der Waals surface area contributed by atoms with Gasteiger partial charge in [-0.1, -0.05) is 13.8 Å². The second-order valence-corrected chi connectivity index (χ2v) is 8.73. The van der Waals surface area contributed by atoms with Crippen molar-refractivity contribution in [2.24, 2.45) is 0 Å². The van der Waals surface area contributed by atoms with Crippen LogP contribution in [0.5, 0.6) is 0 Å². The van der Waals surface area contributed by atoms with E-state index in [0.29, 0.717) is 37.4 Å². The van der Waals surface area contributed by atoms with Gasteiger partial charge in [0.05, 0.1) is 21.6 Å². The van der Waals surface area contributed by atoms with Crippen molar-refractivity contribution in [2.75, 3.05) is 44.2 Å². The molecule has 0 aliphatic carbocycles. The van der Waals surface area contributed by atoms with E-state index >= 15 is 0 Å². The minimum atomic E-state index is -3.80. The molecule has 0 radical (unpaired) electrons. The number of furan rings is 1. The van der Waals surface area contributed by atoms with Crippen molar-refractivity contribution in [3.05, 3.63) is 52.5 Å². The summed E-state index contributed by atoms with van der Waals surface area (Å²) in [5.41, 5.74) is 0.534. The first-order chi connectivity index (χ1) is 14.3. The van der Waals surface area contributed by atoms with E-state index in [-0.39, 0.29) is 29.6 Å². The average molecular weight is 436 g/mol. The maximum atomic E-state index is 12.7. The third-order valence-electron chi connectivity index (χ3n) is 5.16. The van der Waals surface area contributed by atoms with Gasteiger partial charge in [-0.05, 0) is 18.2 Å². The molecule has 0 N–H and O–H groups in total. The topological polar surface area (TPSA) is 117 Å². The number of carbonyl (C=O) groups is 1. The number of anilines is 1. The molecular weight excluding hydrogens is 412 g/mol. The molecule has 0 saturated carbocycles. The van der Waals surface area contributed by atoms with E-state index in [0.717, 1.165) is 6.07 Å². The highest BCUT2D eigenvalue weighted by molar-refractivity contribution is 7.89.